The molecule has 0 saturated carbocycles. The van der Waals surface area contributed by atoms with Crippen LogP contribution in [0.25, 0.3) is 5.57 Å². The van der Waals surface area contributed by atoms with E-state index in [1.165, 1.54) is 6.07 Å². The number of aliphatic imine (C=N–C) groups is 1. The number of amidine groups is 1. The second-order valence-electron chi connectivity index (χ2n) is 6.66. The number of carbonyl (C=O) groups is 1. The molecule has 6 nitrogen and oxygen atoms in total. The van der Waals surface area contributed by atoms with Gasteiger partial charge in [-0.2, -0.15) is 13.2 Å². The van der Waals surface area contributed by atoms with Crippen LogP contribution < -0.4 is 16.5 Å². The molecule has 0 radical (unpaired) electrons. The smallest absolute Gasteiger partial charge is 0.397 e. The summed E-state index contributed by atoms with van der Waals surface area (Å²) in [5.74, 6) is -0.0314. The molecule has 4 N–H and O–H groups in total. The van der Waals surface area contributed by atoms with Crippen LogP contribution in [0.1, 0.15) is 25.0 Å². The minimum Gasteiger partial charge on any atom is -0.397 e. The van der Waals surface area contributed by atoms with Gasteiger partial charge in [0.05, 0.1) is 38.3 Å². The summed E-state index contributed by atoms with van der Waals surface area (Å²) < 4.78 is 38.5. The summed E-state index contributed by atoms with van der Waals surface area (Å²) in [6.07, 6.45) is -1.28. The van der Waals surface area contributed by atoms with Crippen molar-refractivity contribution in [1.29, 1.82) is 0 Å². The van der Waals surface area contributed by atoms with Crippen LogP contribution >= 0.6 is 23.2 Å². The van der Waals surface area contributed by atoms with Crippen LogP contribution in [0.15, 0.2) is 59.2 Å². The number of hydrogen-bond acceptors (Lipinski definition) is 4. The molecule has 0 saturated heterocycles. The van der Waals surface area contributed by atoms with Crippen molar-refractivity contribution in [3.8, 4) is 0 Å². The van der Waals surface area contributed by atoms with Crippen LogP contribution in [0.2, 0.25) is 10.0 Å². The summed E-state index contributed by atoms with van der Waals surface area (Å²) in [5, 5.41) is 4.96. The molecule has 2 aliphatic rings. The van der Waals surface area contributed by atoms with Crippen molar-refractivity contribution in [3.63, 3.8) is 0 Å². The monoisotopic (exact) mass is 497 g/mol. The highest BCUT2D eigenvalue weighted by Gasteiger charge is 2.32. The number of nitrogens with zero attached hydrogens (tertiary/aromatic N) is 2. The van der Waals surface area contributed by atoms with Gasteiger partial charge in [-0.3, -0.25) is 15.2 Å². The molecule has 0 atom stereocenters. The Hall–Kier alpha value is -3.17. The van der Waals surface area contributed by atoms with Gasteiger partial charge >= 0.3 is 6.18 Å². The van der Waals surface area contributed by atoms with E-state index in [1.807, 2.05) is 13.8 Å². The molecule has 2 aromatic carbocycles. The number of hydrogen-bond donors (Lipinski definition) is 3. The van der Waals surface area contributed by atoms with Crippen LogP contribution in [-0.4, -0.2) is 23.4 Å². The number of rotatable bonds is 2. The van der Waals surface area contributed by atoms with Gasteiger partial charge in [-0.05, 0) is 42.5 Å². The minimum absolute atomic E-state index is 0.116. The molecule has 1 amide bonds. The Morgan fingerprint density at radius 1 is 1.09 bits per heavy atom. The van der Waals surface area contributed by atoms with Crippen molar-refractivity contribution in [2.24, 2.45) is 4.99 Å². The van der Waals surface area contributed by atoms with Crippen molar-refractivity contribution in [1.82, 2.24) is 15.8 Å². The molecule has 0 aromatic heterocycles. The molecule has 0 aliphatic carbocycles. The molecular weight excluding hydrogens is 478 g/mol. The predicted octanol–water partition coefficient (Wildman–Crippen LogP) is 5.53. The van der Waals surface area contributed by atoms with Crippen LogP contribution in [0, 0.1) is 0 Å². The maximum absolute atomic E-state index is 12.8. The van der Waals surface area contributed by atoms with Crippen LogP contribution in [0.3, 0.4) is 0 Å². The zero-order chi connectivity index (χ0) is 24.3. The standard InChI is InChI=1S/C20H14Cl2F3N5O.C2H6/c21-11-2-1-3-12(22)17(11)18-15-6-7-16(29-30(15)9-27-19(18)31)28-14-5-4-10(8-13(14)26)20(23,24)25;1-2/h1-8H,9,26H2,(H,27,31)(H,28,29);1-2H3. The normalized spacial score (nSPS) is 16.6. The number of halogens is 5. The number of allylic oxidation sites excluding steroid dienone is 1. The summed E-state index contributed by atoms with van der Waals surface area (Å²) in [5.41, 5.74) is 9.12. The molecule has 2 aliphatic heterocycles. The number of amides is 1. The minimum atomic E-state index is -4.50. The third-order valence-electron chi connectivity index (χ3n) is 4.63. The Labute approximate surface area is 198 Å². The van der Waals surface area contributed by atoms with Crippen molar-refractivity contribution in [2.45, 2.75) is 20.0 Å². The van der Waals surface area contributed by atoms with Gasteiger partial charge in [-0.1, -0.05) is 43.1 Å². The van der Waals surface area contributed by atoms with E-state index in [1.54, 1.807) is 35.4 Å². The van der Waals surface area contributed by atoms with Crippen LogP contribution in [0.5, 0.6) is 0 Å². The van der Waals surface area contributed by atoms with Gasteiger partial charge in [-0.15, -0.1) is 0 Å². The number of hydrazine groups is 1. The summed E-state index contributed by atoms with van der Waals surface area (Å²) in [4.78, 5) is 16.9. The number of alkyl halides is 3. The van der Waals surface area contributed by atoms with Gasteiger partial charge in [0.1, 0.15) is 12.5 Å². The number of nitrogens with one attached hydrogen (secondary N) is 2. The van der Waals surface area contributed by atoms with Crippen LogP contribution in [-0.2, 0) is 11.0 Å². The maximum Gasteiger partial charge on any atom is 0.416 e. The fourth-order valence-corrected chi connectivity index (χ4v) is 3.77. The second-order valence-corrected chi connectivity index (χ2v) is 7.48. The Kier molecular flexibility index (Phi) is 7.24. The van der Waals surface area contributed by atoms with E-state index in [2.05, 4.69) is 15.7 Å². The lowest BCUT2D eigenvalue weighted by Crippen LogP contribution is -2.52. The van der Waals surface area contributed by atoms with Gasteiger partial charge in [0, 0.05) is 5.56 Å². The molecule has 2 heterocycles. The third kappa shape index (κ3) is 5.09. The third-order valence-corrected chi connectivity index (χ3v) is 5.26. The molecule has 0 spiro atoms. The number of anilines is 1. The van der Waals surface area contributed by atoms with Gasteiger partial charge in [0.15, 0.2) is 0 Å². The lowest BCUT2D eigenvalue weighted by molar-refractivity contribution is -0.137. The molecule has 0 fully saturated rings. The average Bonchev–Trinajstić information content (AvgIpc) is 2.77. The number of carbonyl (C=O) groups excluding carboxylic acids is 1. The number of nitrogen functional groups attached to an aromatic ring is 1. The van der Waals surface area contributed by atoms with Gasteiger partial charge in [0.2, 0.25) is 0 Å². The van der Waals surface area contributed by atoms with Gasteiger partial charge in [0.25, 0.3) is 5.91 Å². The second kappa shape index (κ2) is 9.76. The Bertz CT molecular complexity index is 1150. The molecule has 174 valence electrons. The molecule has 0 bridgehead atoms. The summed E-state index contributed by atoms with van der Waals surface area (Å²) in [7, 11) is 0. The first-order valence-corrected chi connectivity index (χ1v) is 10.7. The lowest BCUT2D eigenvalue weighted by Gasteiger charge is -2.35. The lowest BCUT2D eigenvalue weighted by atomic mass is 10.00. The molecule has 2 aromatic rings. The first-order chi connectivity index (χ1) is 15.6. The highest BCUT2D eigenvalue weighted by Crippen LogP contribution is 2.36. The fourth-order valence-electron chi connectivity index (χ4n) is 3.19. The fraction of sp³-hybridized carbons (Fsp3) is 0.182. The summed E-state index contributed by atoms with van der Waals surface area (Å²) in [6, 6.07) is 7.86. The van der Waals surface area contributed by atoms with E-state index < -0.39 is 11.7 Å². The van der Waals surface area contributed by atoms with Gasteiger partial charge in [-0.25, -0.2) is 4.99 Å². The SMILES string of the molecule is CC.Nc1cc(C(F)(F)F)ccc1N=C1C=CC2=C(c3c(Cl)cccc3Cl)C(=O)NCN2N1. The number of benzene rings is 2. The zero-order valence-corrected chi connectivity index (χ0v) is 19.1. The van der Waals surface area contributed by atoms with Crippen molar-refractivity contribution < 1.29 is 18.0 Å². The highest BCUT2D eigenvalue weighted by molar-refractivity contribution is 6.41. The molecule has 4 rings (SSSR count). The first kappa shape index (κ1) is 24.5. The van der Waals surface area contributed by atoms with Crippen molar-refractivity contribution >= 4 is 51.9 Å². The van der Waals surface area contributed by atoms with Gasteiger partial charge < -0.3 is 11.1 Å². The molecule has 33 heavy (non-hydrogen) atoms. The maximum atomic E-state index is 12.8. The van der Waals surface area contributed by atoms with E-state index in [0.717, 1.165) is 12.1 Å². The first-order valence-electron chi connectivity index (χ1n) is 9.89. The number of nitrogens with two attached hydrogens (primary N) is 1. The zero-order valence-electron chi connectivity index (χ0n) is 17.6. The van der Waals surface area contributed by atoms with E-state index in [9.17, 15) is 18.0 Å². The van der Waals surface area contributed by atoms with E-state index in [4.69, 9.17) is 28.9 Å². The van der Waals surface area contributed by atoms with E-state index in [-0.39, 0.29) is 29.5 Å². The molecular formula is C22H20Cl2F3N5O. The van der Waals surface area contributed by atoms with E-state index in [0.29, 0.717) is 27.1 Å². The Balaban J connectivity index is 0.00000149. The summed E-state index contributed by atoms with van der Waals surface area (Å²) >= 11 is 12.6. The largest absolute Gasteiger partial charge is 0.416 e. The highest BCUT2D eigenvalue weighted by atomic mass is 35.5. The van der Waals surface area contributed by atoms with Crippen molar-refractivity contribution in [3.05, 3.63) is 75.4 Å². The average molecular weight is 498 g/mol. The van der Waals surface area contributed by atoms with Crippen molar-refractivity contribution in [2.75, 3.05) is 12.4 Å². The number of fused-ring (bicyclic) bond motifs is 1. The topological polar surface area (TPSA) is 82.7 Å². The predicted molar refractivity (Wildman–Crippen MR) is 125 cm³/mol. The van der Waals surface area contributed by atoms with E-state index >= 15 is 0 Å². The quantitative estimate of drug-likeness (QED) is 0.476. The summed E-state index contributed by atoms with van der Waals surface area (Å²) in [6.45, 7) is 4.12. The molecule has 11 heteroatoms. The molecule has 0 unspecified atom stereocenters. The van der Waals surface area contributed by atoms with Crippen LogP contribution in [0.4, 0.5) is 24.5 Å². The Morgan fingerprint density at radius 3 is 2.36 bits per heavy atom. The Morgan fingerprint density at radius 2 is 1.76 bits per heavy atom.